The molecule has 2 aromatic carbocycles. The Bertz CT molecular complexity index is 631. The Morgan fingerprint density at radius 1 is 1.00 bits per heavy atom. The molecule has 3 N–H and O–H groups in total. The lowest BCUT2D eigenvalue weighted by Crippen LogP contribution is -2.27. The summed E-state index contributed by atoms with van der Waals surface area (Å²) in [4.78, 5) is 13.3. The summed E-state index contributed by atoms with van der Waals surface area (Å²) in [6.07, 6.45) is 0. The standard InChI is InChI=1S/C14H12N2O3/c1-8(17)16-13-6-9(18)2-4-11(13)15-12-5-3-10(19)7-14(12)16/h2-7,15,18-19H,1H3. The molecular weight excluding hydrogens is 244 g/mol. The molecule has 1 amide bonds. The minimum Gasteiger partial charge on any atom is -0.508 e. The number of anilines is 4. The molecule has 0 bridgehead atoms. The van der Waals surface area contributed by atoms with Gasteiger partial charge in [0.25, 0.3) is 0 Å². The first kappa shape index (κ1) is 11.4. The first-order valence-electron chi connectivity index (χ1n) is 5.80. The summed E-state index contributed by atoms with van der Waals surface area (Å²) in [6.45, 7) is 1.44. The van der Waals surface area contributed by atoms with Crippen LogP contribution in [0.4, 0.5) is 22.7 Å². The monoisotopic (exact) mass is 256 g/mol. The Morgan fingerprint density at radius 2 is 1.47 bits per heavy atom. The first-order valence-corrected chi connectivity index (χ1v) is 5.80. The molecule has 1 aliphatic heterocycles. The van der Waals surface area contributed by atoms with E-state index in [4.69, 9.17) is 0 Å². The van der Waals surface area contributed by atoms with Crippen LogP contribution in [0, 0.1) is 0 Å². The van der Waals surface area contributed by atoms with E-state index in [1.165, 1.54) is 24.0 Å². The van der Waals surface area contributed by atoms with Gasteiger partial charge in [-0.25, -0.2) is 0 Å². The fourth-order valence-corrected chi connectivity index (χ4v) is 2.24. The van der Waals surface area contributed by atoms with Crippen LogP contribution in [0.15, 0.2) is 36.4 Å². The summed E-state index contributed by atoms with van der Waals surface area (Å²) in [5.41, 5.74) is 2.58. The van der Waals surface area contributed by atoms with E-state index in [0.29, 0.717) is 11.4 Å². The molecule has 96 valence electrons. The highest BCUT2D eigenvalue weighted by Crippen LogP contribution is 2.45. The third-order valence-corrected chi connectivity index (χ3v) is 3.03. The number of carbonyl (C=O) groups excluding carboxylic acids is 1. The zero-order valence-electron chi connectivity index (χ0n) is 10.2. The maximum absolute atomic E-state index is 11.9. The molecule has 19 heavy (non-hydrogen) atoms. The number of amides is 1. The van der Waals surface area contributed by atoms with Crippen LogP contribution in [0.2, 0.25) is 0 Å². The van der Waals surface area contributed by atoms with Gasteiger partial charge in [-0.2, -0.15) is 0 Å². The Labute approximate surface area is 109 Å². The number of phenolic OH excluding ortho intramolecular Hbond substituents is 2. The molecule has 0 atom stereocenters. The Balaban J connectivity index is 2.25. The second-order valence-electron chi connectivity index (χ2n) is 4.38. The smallest absolute Gasteiger partial charge is 0.228 e. The Morgan fingerprint density at radius 3 is 1.89 bits per heavy atom. The van der Waals surface area contributed by atoms with Crippen LogP contribution in [-0.4, -0.2) is 16.1 Å². The van der Waals surface area contributed by atoms with Crippen LogP contribution in [0.1, 0.15) is 6.92 Å². The van der Waals surface area contributed by atoms with Crippen molar-refractivity contribution in [3.05, 3.63) is 36.4 Å². The minimum atomic E-state index is -0.194. The van der Waals surface area contributed by atoms with Gasteiger partial charge in [0.05, 0.1) is 22.7 Å². The lowest BCUT2D eigenvalue weighted by Gasteiger charge is -2.31. The average Bonchev–Trinajstić information content (AvgIpc) is 2.35. The van der Waals surface area contributed by atoms with E-state index in [-0.39, 0.29) is 17.4 Å². The number of hydrogen-bond donors (Lipinski definition) is 3. The number of hydrogen-bond acceptors (Lipinski definition) is 4. The van der Waals surface area contributed by atoms with Gasteiger partial charge in [-0.1, -0.05) is 0 Å². The van der Waals surface area contributed by atoms with E-state index >= 15 is 0 Å². The van der Waals surface area contributed by atoms with Crippen LogP contribution in [0.3, 0.4) is 0 Å². The number of benzene rings is 2. The summed E-state index contributed by atoms with van der Waals surface area (Å²) in [5.74, 6) is -0.0361. The topological polar surface area (TPSA) is 72.8 Å². The second-order valence-corrected chi connectivity index (χ2v) is 4.38. The third kappa shape index (κ3) is 1.76. The number of aromatic hydroxyl groups is 2. The van der Waals surface area contributed by atoms with Crippen molar-refractivity contribution in [3.63, 3.8) is 0 Å². The highest BCUT2D eigenvalue weighted by atomic mass is 16.3. The van der Waals surface area contributed by atoms with Crippen molar-refractivity contribution >= 4 is 28.7 Å². The molecule has 0 aromatic heterocycles. The Kier molecular flexibility index (Phi) is 2.35. The van der Waals surface area contributed by atoms with Crippen LogP contribution in [-0.2, 0) is 4.79 Å². The van der Waals surface area contributed by atoms with Gasteiger partial charge in [-0.3, -0.25) is 9.69 Å². The molecule has 0 saturated carbocycles. The van der Waals surface area contributed by atoms with Crippen LogP contribution in [0.5, 0.6) is 11.5 Å². The van der Waals surface area contributed by atoms with Gasteiger partial charge in [-0.15, -0.1) is 0 Å². The molecule has 0 spiro atoms. The molecule has 0 saturated heterocycles. The molecule has 5 heteroatoms. The van der Waals surface area contributed by atoms with E-state index in [1.807, 2.05) is 0 Å². The summed E-state index contributed by atoms with van der Waals surface area (Å²) < 4.78 is 0. The normalized spacial score (nSPS) is 12.4. The van der Waals surface area contributed by atoms with Gasteiger partial charge in [-0.05, 0) is 24.3 Å². The summed E-state index contributed by atoms with van der Waals surface area (Å²) in [5, 5.41) is 22.3. The SMILES string of the molecule is CC(=O)N1c2cc(O)ccc2Nc2ccc(O)cc21. The lowest BCUT2D eigenvalue weighted by molar-refractivity contribution is -0.115. The number of nitrogens with one attached hydrogen (secondary N) is 1. The van der Waals surface area contributed by atoms with Crippen molar-refractivity contribution in [1.29, 1.82) is 0 Å². The van der Waals surface area contributed by atoms with Gasteiger partial charge >= 0.3 is 0 Å². The van der Waals surface area contributed by atoms with Gasteiger partial charge in [0.2, 0.25) is 5.91 Å². The second kappa shape index (κ2) is 3.91. The van der Waals surface area contributed by atoms with E-state index in [2.05, 4.69) is 5.32 Å². The van der Waals surface area contributed by atoms with Gasteiger partial charge in [0.15, 0.2) is 0 Å². The molecule has 0 unspecified atom stereocenters. The number of phenols is 2. The zero-order chi connectivity index (χ0) is 13.6. The zero-order valence-corrected chi connectivity index (χ0v) is 10.2. The van der Waals surface area contributed by atoms with E-state index in [0.717, 1.165) is 11.4 Å². The predicted molar refractivity (Wildman–Crippen MR) is 72.3 cm³/mol. The molecule has 0 aliphatic carbocycles. The first-order chi connectivity index (χ1) is 9.06. The van der Waals surface area contributed by atoms with Gasteiger partial charge < -0.3 is 15.5 Å². The van der Waals surface area contributed by atoms with Crippen molar-refractivity contribution in [3.8, 4) is 11.5 Å². The molecule has 2 aromatic rings. The molecule has 0 fully saturated rings. The number of rotatable bonds is 0. The molecule has 0 radical (unpaired) electrons. The van der Waals surface area contributed by atoms with Crippen LogP contribution in [0.25, 0.3) is 0 Å². The van der Waals surface area contributed by atoms with Crippen molar-refractivity contribution in [2.24, 2.45) is 0 Å². The van der Waals surface area contributed by atoms with Crippen LogP contribution >= 0.6 is 0 Å². The van der Waals surface area contributed by atoms with E-state index in [9.17, 15) is 15.0 Å². The van der Waals surface area contributed by atoms with E-state index in [1.54, 1.807) is 24.3 Å². The fourth-order valence-electron chi connectivity index (χ4n) is 2.24. The third-order valence-electron chi connectivity index (χ3n) is 3.03. The summed E-state index contributed by atoms with van der Waals surface area (Å²) >= 11 is 0. The minimum absolute atomic E-state index is 0.0791. The molecule has 1 aliphatic rings. The largest absolute Gasteiger partial charge is 0.508 e. The maximum atomic E-state index is 11.9. The van der Waals surface area contributed by atoms with Crippen molar-refractivity contribution in [2.45, 2.75) is 6.92 Å². The van der Waals surface area contributed by atoms with Crippen molar-refractivity contribution in [1.82, 2.24) is 0 Å². The molecule has 5 nitrogen and oxygen atoms in total. The van der Waals surface area contributed by atoms with Gasteiger partial charge in [0, 0.05) is 19.1 Å². The molecule has 3 rings (SSSR count). The fraction of sp³-hybridized carbons (Fsp3) is 0.0714. The Hall–Kier alpha value is -2.69. The molecule has 1 heterocycles. The van der Waals surface area contributed by atoms with E-state index < -0.39 is 0 Å². The number of carbonyl (C=O) groups is 1. The molecular formula is C14H12N2O3. The summed E-state index contributed by atoms with van der Waals surface area (Å²) in [6, 6.07) is 9.53. The average molecular weight is 256 g/mol. The quantitative estimate of drug-likeness (QED) is 0.634. The number of nitrogens with zero attached hydrogens (tertiary/aromatic N) is 1. The highest BCUT2D eigenvalue weighted by Gasteiger charge is 2.26. The van der Waals surface area contributed by atoms with Gasteiger partial charge in [0.1, 0.15) is 11.5 Å². The predicted octanol–water partition coefficient (Wildman–Crippen LogP) is 2.84. The van der Waals surface area contributed by atoms with Crippen molar-refractivity contribution in [2.75, 3.05) is 10.2 Å². The van der Waals surface area contributed by atoms with Crippen molar-refractivity contribution < 1.29 is 15.0 Å². The lowest BCUT2D eigenvalue weighted by atomic mass is 10.1. The number of fused-ring (bicyclic) bond motifs is 2. The maximum Gasteiger partial charge on any atom is 0.228 e. The van der Waals surface area contributed by atoms with Crippen LogP contribution < -0.4 is 10.2 Å². The highest BCUT2D eigenvalue weighted by molar-refractivity contribution is 6.08. The summed E-state index contributed by atoms with van der Waals surface area (Å²) in [7, 11) is 0.